The number of hydrogen-bond donors (Lipinski definition) is 1. The van der Waals surface area contributed by atoms with E-state index in [0.29, 0.717) is 30.4 Å². The number of pyridine rings is 1. The van der Waals surface area contributed by atoms with Crippen molar-refractivity contribution in [3.63, 3.8) is 0 Å². The molecule has 26 heavy (non-hydrogen) atoms. The molecule has 6 nitrogen and oxygen atoms in total. The number of carbonyl (C=O) groups excluding carboxylic acids is 1. The van der Waals surface area contributed by atoms with Gasteiger partial charge in [0.25, 0.3) is 5.91 Å². The quantitative estimate of drug-likeness (QED) is 0.742. The van der Waals surface area contributed by atoms with Gasteiger partial charge in [0.15, 0.2) is 0 Å². The first kappa shape index (κ1) is 17.5. The van der Waals surface area contributed by atoms with Crippen LogP contribution in [0, 0.1) is 6.92 Å². The average Bonchev–Trinajstić information content (AvgIpc) is 2.67. The molecule has 0 aliphatic heterocycles. The molecule has 2 aromatic heterocycles. The van der Waals surface area contributed by atoms with E-state index < -0.39 is 0 Å². The first-order valence-electron chi connectivity index (χ1n) is 8.40. The van der Waals surface area contributed by atoms with Crippen molar-refractivity contribution in [2.45, 2.75) is 20.0 Å². The lowest BCUT2D eigenvalue weighted by atomic mass is 10.2. The van der Waals surface area contributed by atoms with Crippen molar-refractivity contribution in [3.8, 4) is 0 Å². The zero-order valence-corrected chi connectivity index (χ0v) is 14.9. The summed E-state index contributed by atoms with van der Waals surface area (Å²) in [6.45, 7) is 2.84. The number of aromatic nitrogens is 3. The lowest BCUT2D eigenvalue weighted by molar-refractivity contribution is 0.0779. The van der Waals surface area contributed by atoms with E-state index in [-0.39, 0.29) is 5.91 Å². The van der Waals surface area contributed by atoms with Gasteiger partial charge in [0.05, 0.1) is 12.2 Å². The lowest BCUT2D eigenvalue weighted by Gasteiger charge is -2.17. The number of nitrogens with zero attached hydrogens (tertiary/aromatic N) is 4. The number of nitrogens with one attached hydrogen (secondary N) is 1. The SMILES string of the molecule is Cc1nc(NCc2ccccn2)cc(C(=O)N(C)Cc2ccccc2)n1. The Hall–Kier alpha value is -3.28. The molecule has 1 aromatic carbocycles. The smallest absolute Gasteiger partial charge is 0.272 e. The van der Waals surface area contributed by atoms with E-state index in [1.165, 1.54) is 0 Å². The van der Waals surface area contributed by atoms with Crippen molar-refractivity contribution in [2.75, 3.05) is 12.4 Å². The Morgan fingerprint density at radius 3 is 2.58 bits per heavy atom. The molecule has 0 radical (unpaired) electrons. The second kappa shape index (κ2) is 8.20. The fourth-order valence-electron chi connectivity index (χ4n) is 2.58. The molecule has 0 fully saturated rings. The normalized spacial score (nSPS) is 10.4. The van der Waals surface area contributed by atoms with Gasteiger partial charge in [-0.25, -0.2) is 9.97 Å². The van der Waals surface area contributed by atoms with E-state index in [1.807, 2.05) is 48.5 Å². The molecule has 0 unspecified atom stereocenters. The van der Waals surface area contributed by atoms with Crippen LogP contribution in [0.2, 0.25) is 0 Å². The highest BCUT2D eigenvalue weighted by Crippen LogP contribution is 2.12. The summed E-state index contributed by atoms with van der Waals surface area (Å²) in [5.74, 6) is 1.02. The highest BCUT2D eigenvalue weighted by molar-refractivity contribution is 5.92. The summed E-state index contributed by atoms with van der Waals surface area (Å²) in [7, 11) is 1.77. The Balaban J connectivity index is 1.70. The van der Waals surface area contributed by atoms with Gasteiger partial charge in [-0.05, 0) is 24.6 Å². The van der Waals surface area contributed by atoms with Gasteiger partial charge in [0, 0.05) is 25.9 Å². The maximum Gasteiger partial charge on any atom is 0.272 e. The second-order valence-corrected chi connectivity index (χ2v) is 6.01. The molecule has 132 valence electrons. The van der Waals surface area contributed by atoms with E-state index >= 15 is 0 Å². The van der Waals surface area contributed by atoms with Crippen molar-refractivity contribution in [1.29, 1.82) is 0 Å². The highest BCUT2D eigenvalue weighted by Gasteiger charge is 2.15. The molecule has 3 aromatic rings. The summed E-state index contributed by atoms with van der Waals surface area (Å²) < 4.78 is 0. The summed E-state index contributed by atoms with van der Waals surface area (Å²) in [5, 5.41) is 3.20. The molecule has 2 heterocycles. The molecule has 0 saturated heterocycles. The van der Waals surface area contributed by atoms with Crippen molar-refractivity contribution in [2.24, 2.45) is 0 Å². The number of carbonyl (C=O) groups is 1. The zero-order valence-electron chi connectivity index (χ0n) is 14.9. The van der Waals surface area contributed by atoms with Crippen molar-refractivity contribution >= 4 is 11.7 Å². The first-order valence-corrected chi connectivity index (χ1v) is 8.40. The van der Waals surface area contributed by atoms with Crippen LogP contribution in [-0.4, -0.2) is 32.8 Å². The van der Waals surface area contributed by atoms with Crippen LogP contribution < -0.4 is 5.32 Å². The van der Waals surface area contributed by atoms with Crippen molar-refractivity contribution < 1.29 is 4.79 Å². The number of benzene rings is 1. The fraction of sp³-hybridized carbons (Fsp3) is 0.200. The molecule has 3 rings (SSSR count). The number of hydrogen-bond acceptors (Lipinski definition) is 5. The van der Waals surface area contributed by atoms with Crippen molar-refractivity contribution in [1.82, 2.24) is 19.9 Å². The van der Waals surface area contributed by atoms with Gasteiger partial charge in [-0.2, -0.15) is 0 Å². The third-order valence-corrected chi connectivity index (χ3v) is 3.84. The first-order chi connectivity index (χ1) is 12.6. The largest absolute Gasteiger partial charge is 0.364 e. The molecule has 0 saturated carbocycles. The van der Waals surface area contributed by atoms with Crippen LogP contribution in [0.1, 0.15) is 27.6 Å². The Bertz CT molecular complexity index is 868. The van der Waals surface area contributed by atoms with Crippen LogP contribution in [0.5, 0.6) is 0 Å². The average molecular weight is 347 g/mol. The van der Waals surface area contributed by atoms with E-state index in [2.05, 4.69) is 20.3 Å². The fourth-order valence-corrected chi connectivity index (χ4v) is 2.58. The van der Waals surface area contributed by atoms with Gasteiger partial charge < -0.3 is 10.2 Å². The third-order valence-electron chi connectivity index (χ3n) is 3.84. The Morgan fingerprint density at radius 2 is 1.85 bits per heavy atom. The molecule has 0 atom stereocenters. The second-order valence-electron chi connectivity index (χ2n) is 6.01. The number of amides is 1. The zero-order chi connectivity index (χ0) is 18.4. The van der Waals surface area contributed by atoms with Crippen LogP contribution in [0.3, 0.4) is 0 Å². The Kier molecular flexibility index (Phi) is 5.53. The molecule has 1 amide bonds. The Morgan fingerprint density at radius 1 is 1.08 bits per heavy atom. The highest BCUT2D eigenvalue weighted by atomic mass is 16.2. The molecular formula is C20H21N5O. The maximum atomic E-state index is 12.7. The predicted octanol–water partition coefficient (Wildman–Crippen LogP) is 3.06. The summed E-state index contributed by atoms with van der Waals surface area (Å²) in [6, 6.07) is 17.3. The van der Waals surface area contributed by atoms with E-state index in [9.17, 15) is 4.79 Å². The Labute approximate surface area is 153 Å². The van der Waals surface area contributed by atoms with E-state index in [1.54, 1.807) is 31.1 Å². The third kappa shape index (κ3) is 4.63. The molecule has 0 aliphatic carbocycles. The molecule has 1 N–H and O–H groups in total. The minimum absolute atomic E-state index is 0.139. The van der Waals surface area contributed by atoms with Crippen LogP contribution >= 0.6 is 0 Å². The molecule has 0 aliphatic rings. The number of aryl methyl sites for hydroxylation is 1. The predicted molar refractivity (Wildman–Crippen MR) is 101 cm³/mol. The number of anilines is 1. The lowest BCUT2D eigenvalue weighted by Crippen LogP contribution is -2.27. The van der Waals surface area contributed by atoms with Crippen LogP contribution in [0.4, 0.5) is 5.82 Å². The van der Waals surface area contributed by atoms with Gasteiger partial charge in [-0.1, -0.05) is 36.4 Å². The molecule has 0 spiro atoms. The standard InChI is InChI=1S/C20H21N5O/c1-15-23-18(20(26)25(2)14-16-8-4-3-5-9-16)12-19(24-15)22-13-17-10-6-7-11-21-17/h3-12H,13-14H2,1-2H3,(H,22,23,24). The summed E-state index contributed by atoms with van der Waals surface area (Å²) in [4.78, 5) is 27.3. The molecular weight excluding hydrogens is 326 g/mol. The minimum atomic E-state index is -0.139. The summed E-state index contributed by atoms with van der Waals surface area (Å²) in [5.41, 5.74) is 2.35. The van der Waals surface area contributed by atoms with Crippen LogP contribution in [0.15, 0.2) is 60.8 Å². The molecule has 0 bridgehead atoms. The van der Waals surface area contributed by atoms with Gasteiger partial charge in [0.2, 0.25) is 0 Å². The molecule has 6 heteroatoms. The monoisotopic (exact) mass is 347 g/mol. The van der Waals surface area contributed by atoms with Crippen LogP contribution in [-0.2, 0) is 13.1 Å². The number of rotatable bonds is 6. The van der Waals surface area contributed by atoms with E-state index in [4.69, 9.17) is 0 Å². The topological polar surface area (TPSA) is 71.0 Å². The maximum absolute atomic E-state index is 12.7. The van der Waals surface area contributed by atoms with Gasteiger partial charge in [0.1, 0.15) is 17.3 Å². The van der Waals surface area contributed by atoms with Gasteiger partial charge >= 0.3 is 0 Å². The summed E-state index contributed by atoms with van der Waals surface area (Å²) in [6.07, 6.45) is 1.75. The van der Waals surface area contributed by atoms with Crippen molar-refractivity contribution in [3.05, 3.63) is 83.6 Å². The van der Waals surface area contributed by atoms with Gasteiger partial charge in [-0.15, -0.1) is 0 Å². The minimum Gasteiger partial charge on any atom is -0.364 e. The van der Waals surface area contributed by atoms with Gasteiger partial charge in [-0.3, -0.25) is 9.78 Å². The summed E-state index contributed by atoms with van der Waals surface area (Å²) >= 11 is 0. The van der Waals surface area contributed by atoms with E-state index in [0.717, 1.165) is 11.3 Å². The van der Waals surface area contributed by atoms with Crippen LogP contribution in [0.25, 0.3) is 0 Å².